The van der Waals surface area contributed by atoms with Crippen LogP contribution >= 0.6 is 0 Å². The number of aromatic nitrogens is 1. The number of hydrogen-bond acceptors (Lipinski definition) is 2. The molecule has 0 atom stereocenters. The van der Waals surface area contributed by atoms with Crippen molar-refractivity contribution in [2.24, 2.45) is 7.05 Å². The van der Waals surface area contributed by atoms with E-state index in [4.69, 9.17) is 0 Å². The van der Waals surface area contributed by atoms with Crippen molar-refractivity contribution in [1.82, 2.24) is 4.57 Å². The van der Waals surface area contributed by atoms with Gasteiger partial charge in [0.15, 0.2) is 5.78 Å². The molecule has 0 bridgehead atoms. The van der Waals surface area contributed by atoms with E-state index in [1.165, 1.54) is 18.2 Å². The van der Waals surface area contributed by atoms with Crippen molar-refractivity contribution in [3.8, 4) is 11.1 Å². The van der Waals surface area contributed by atoms with Crippen LogP contribution in [-0.4, -0.2) is 10.4 Å². The first-order valence-corrected chi connectivity index (χ1v) is 10.2. The van der Waals surface area contributed by atoms with E-state index in [1.54, 1.807) is 17.8 Å². The molecule has 0 aliphatic heterocycles. The first kappa shape index (κ1) is 22.3. The molecule has 31 heavy (non-hydrogen) atoms. The molecule has 0 radical (unpaired) electrons. The molecule has 0 aliphatic carbocycles. The summed E-state index contributed by atoms with van der Waals surface area (Å²) in [6, 6.07) is 11.2. The summed E-state index contributed by atoms with van der Waals surface area (Å²) in [5.74, 6) is -1.25. The number of allylic oxidation sites excluding steroid dienone is 1. The summed E-state index contributed by atoms with van der Waals surface area (Å²) in [4.78, 5) is 24.0. The summed E-state index contributed by atoms with van der Waals surface area (Å²) in [7, 11) is 1.71. The summed E-state index contributed by atoms with van der Waals surface area (Å²) in [6.07, 6.45) is 4.85. The number of aryl methyl sites for hydroxylation is 3. The smallest absolute Gasteiger partial charge is 0.253 e. The first-order chi connectivity index (χ1) is 14.8. The van der Waals surface area contributed by atoms with E-state index in [0.717, 1.165) is 28.3 Å². The number of pyridine rings is 1. The Morgan fingerprint density at radius 2 is 1.81 bits per heavy atom. The van der Waals surface area contributed by atoms with E-state index in [1.807, 2.05) is 31.2 Å². The van der Waals surface area contributed by atoms with Gasteiger partial charge in [-0.05, 0) is 58.9 Å². The maximum absolute atomic E-state index is 14.3. The van der Waals surface area contributed by atoms with Crippen molar-refractivity contribution in [3.63, 3.8) is 0 Å². The van der Waals surface area contributed by atoms with Crippen LogP contribution in [0.25, 0.3) is 11.1 Å². The molecule has 1 heterocycles. The lowest BCUT2D eigenvalue weighted by Gasteiger charge is -2.15. The van der Waals surface area contributed by atoms with Crippen LogP contribution in [0.2, 0.25) is 0 Å². The minimum Gasteiger partial charge on any atom is -0.318 e. The Balaban J connectivity index is 2.10. The molecule has 1 aromatic heterocycles. The van der Waals surface area contributed by atoms with Gasteiger partial charge in [-0.3, -0.25) is 9.59 Å². The lowest BCUT2D eigenvalue weighted by atomic mass is 9.91. The molecule has 0 aliphatic rings. The highest BCUT2D eigenvalue weighted by Crippen LogP contribution is 2.28. The van der Waals surface area contributed by atoms with Crippen LogP contribution in [0.15, 0.2) is 66.1 Å². The van der Waals surface area contributed by atoms with E-state index >= 15 is 0 Å². The standard InChI is InChI=1S/C26H25F2NO2/c1-4-18-13-21(16-29(3)26(18)31)24-12-17(7-11-23(30)5-2)6-8-19(24)14-20-9-10-22(27)15-25(20)28/h5-6,8-10,12-13,15-16H,2,4,7,11,14H2,1,3H3. The predicted octanol–water partition coefficient (Wildman–Crippen LogP) is 5.17. The van der Waals surface area contributed by atoms with Crippen LogP contribution in [0.1, 0.15) is 35.6 Å². The summed E-state index contributed by atoms with van der Waals surface area (Å²) in [6.45, 7) is 5.43. The van der Waals surface area contributed by atoms with E-state index in [-0.39, 0.29) is 17.8 Å². The zero-order valence-electron chi connectivity index (χ0n) is 17.8. The van der Waals surface area contributed by atoms with Gasteiger partial charge >= 0.3 is 0 Å². The molecule has 0 amide bonds. The van der Waals surface area contributed by atoms with Gasteiger partial charge in [0.25, 0.3) is 5.56 Å². The predicted molar refractivity (Wildman–Crippen MR) is 119 cm³/mol. The third-order valence-corrected chi connectivity index (χ3v) is 5.41. The molecule has 0 N–H and O–H groups in total. The highest BCUT2D eigenvalue weighted by Gasteiger charge is 2.13. The molecule has 3 aromatic rings. The van der Waals surface area contributed by atoms with Crippen molar-refractivity contribution in [2.75, 3.05) is 0 Å². The van der Waals surface area contributed by atoms with Crippen LogP contribution in [0, 0.1) is 11.6 Å². The molecule has 0 saturated carbocycles. The average Bonchev–Trinajstić information content (AvgIpc) is 2.76. The van der Waals surface area contributed by atoms with E-state index < -0.39 is 11.6 Å². The van der Waals surface area contributed by atoms with Gasteiger partial charge in [-0.25, -0.2) is 8.78 Å². The number of benzene rings is 2. The molecule has 5 heteroatoms. The number of halogens is 2. The molecular weight excluding hydrogens is 396 g/mol. The Morgan fingerprint density at radius 1 is 1.06 bits per heavy atom. The SMILES string of the molecule is C=CC(=O)CCc1ccc(Cc2ccc(F)cc2F)c(-c2cc(CC)c(=O)n(C)c2)c1. The molecule has 0 fully saturated rings. The summed E-state index contributed by atoms with van der Waals surface area (Å²) >= 11 is 0. The highest BCUT2D eigenvalue weighted by atomic mass is 19.1. The molecular formula is C26H25F2NO2. The number of nitrogens with zero attached hydrogens (tertiary/aromatic N) is 1. The van der Waals surface area contributed by atoms with Gasteiger partial charge in [0.1, 0.15) is 11.6 Å². The fraction of sp³-hybridized carbons (Fsp3) is 0.231. The molecule has 3 nitrogen and oxygen atoms in total. The van der Waals surface area contributed by atoms with Gasteiger partial charge in [0, 0.05) is 37.7 Å². The van der Waals surface area contributed by atoms with Gasteiger partial charge in [-0.15, -0.1) is 0 Å². The molecule has 0 spiro atoms. The molecule has 3 rings (SSSR count). The zero-order valence-corrected chi connectivity index (χ0v) is 17.8. The highest BCUT2D eigenvalue weighted by molar-refractivity contribution is 5.89. The number of carbonyl (C=O) groups is 1. The first-order valence-electron chi connectivity index (χ1n) is 10.2. The van der Waals surface area contributed by atoms with Crippen LogP contribution < -0.4 is 5.56 Å². The Hall–Kier alpha value is -3.34. The maximum atomic E-state index is 14.3. The van der Waals surface area contributed by atoms with Gasteiger partial charge < -0.3 is 4.57 Å². The molecule has 2 aromatic carbocycles. The Bertz CT molecular complexity index is 1190. The minimum atomic E-state index is -0.616. The van der Waals surface area contributed by atoms with E-state index in [0.29, 0.717) is 30.4 Å². The van der Waals surface area contributed by atoms with Crippen LogP contribution in [0.3, 0.4) is 0 Å². The maximum Gasteiger partial charge on any atom is 0.253 e. The second-order valence-corrected chi connectivity index (χ2v) is 7.60. The van der Waals surface area contributed by atoms with E-state index in [2.05, 4.69) is 6.58 Å². The van der Waals surface area contributed by atoms with Gasteiger partial charge in [-0.2, -0.15) is 0 Å². The fourth-order valence-corrected chi connectivity index (χ4v) is 3.62. The average molecular weight is 421 g/mol. The van der Waals surface area contributed by atoms with Crippen molar-refractivity contribution >= 4 is 5.78 Å². The van der Waals surface area contributed by atoms with E-state index in [9.17, 15) is 18.4 Å². The van der Waals surface area contributed by atoms with Crippen LogP contribution in [0.4, 0.5) is 8.78 Å². The largest absolute Gasteiger partial charge is 0.318 e. The minimum absolute atomic E-state index is 0.0330. The van der Waals surface area contributed by atoms with Gasteiger partial charge in [0.2, 0.25) is 0 Å². The van der Waals surface area contributed by atoms with Crippen molar-refractivity contribution in [3.05, 3.63) is 106 Å². The van der Waals surface area contributed by atoms with Crippen LogP contribution in [0.5, 0.6) is 0 Å². The number of ketones is 1. The van der Waals surface area contributed by atoms with Gasteiger partial charge in [0.05, 0.1) is 0 Å². The molecule has 160 valence electrons. The molecule has 0 unspecified atom stereocenters. The number of carbonyl (C=O) groups excluding carboxylic acids is 1. The summed E-state index contributed by atoms with van der Waals surface area (Å²) in [5.41, 5.74) is 4.53. The van der Waals surface area contributed by atoms with Crippen LogP contribution in [-0.2, 0) is 31.1 Å². The quantitative estimate of drug-likeness (QED) is 0.471. The van der Waals surface area contributed by atoms with Crippen molar-refractivity contribution in [2.45, 2.75) is 32.6 Å². The fourth-order valence-electron chi connectivity index (χ4n) is 3.62. The Labute approximate surface area is 180 Å². The summed E-state index contributed by atoms with van der Waals surface area (Å²) < 4.78 is 29.2. The lowest BCUT2D eigenvalue weighted by molar-refractivity contribution is -0.114. The summed E-state index contributed by atoms with van der Waals surface area (Å²) in [5, 5.41) is 0. The number of hydrogen-bond donors (Lipinski definition) is 0. The second-order valence-electron chi connectivity index (χ2n) is 7.60. The Morgan fingerprint density at radius 3 is 2.48 bits per heavy atom. The monoisotopic (exact) mass is 421 g/mol. The number of rotatable bonds is 8. The third kappa shape index (κ3) is 5.23. The van der Waals surface area contributed by atoms with Gasteiger partial charge in [-0.1, -0.05) is 37.8 Å². The third-order valence-electron chi connectivity index (χ3n) is 5.41. The Kier molecular flexibility index (Phi) is 6.95. The van der Waals surface area contributed by atoms with Crippen molar-refractivity contribution < 1.29 is 13.6 Å². The van der Waals surface area contributed by atoms with Crippen molar-refractivity contribution in [1.29, 1.82) is 0 Å². The topological polar surface area (TPSA) is 39.1 Å². The zero-order chi connectivity index (χ0) is 22.5. The second kappa shape index (κ2) is 9.65. The lowest BCUT2D eigenvalue weighted by Crippen LogP contribution is -2.20. The normalized spacial score (nSPS) is 10.8. The molecule has 0 saturated heterocycles.